The molecule has 0 aliphatic carbocycles. The number of hydrogen-bond acceptors (Lipinski definition) is 3. The molecule has 0 aliphatic rings. The van der Waals surface area contributed by atoms with Crippen LogP contribution >= 0.6 is 0 Å². The van der Waals surface area contributed by atoms with Crippen molar-refractivity contribution in [2.24, 2.45) is 5.84 Å². The first-order valence-corrected chi connectivity index (χ1v) is 5.19. The van der Waals surface area contributed by atoms with E-state index in [1.807, 2.05) is 42.5 Å². The van der Waals surface area contributed by atoms with Crippen molar-refractivity contribution < 1.29 is 4.79 Å². The Morgan fingerprint density at radius 3 is 2.35 bits per heavy atom. The maximum absolute atomic E-state index is 11.7. The highest BCUT2D eigenvalue weighted by atomic mass is 16.2. The Hall–Kier alpha value is -2.33. The molecular weight excluding hydrogens is 214 g/mol. The fraction of sp³-hybridized carbons (Fsp3) is 0. The van der Waals surface area contributed by atoms with Crippen molar-refractivity contribution in [3.05, 3.63) is 54.1 Å². The molecule has 2 rings (SSSR count). The predicted octanol–water partition coefficient (Wildman–Crippen LogP) is 1.54. The van der Waals surface area contributed by atoms with Gasteiger partial charge in [0.2, 0.25) is 0 Å². The van der Waals surface area contributed by atoms with Crippen molar-refractivity contribution in [3.63, 3.8) is 0 Å². The Kier molecular flexibility index (Phi) is 3.07. The van der Waals surface area contributed by atoms with Gasteiger partial charge in [-0.1, -0.05) is 42.5 Å². The SMILES string of the molecule is NNC(=O)c1c(N)cccc1-c1ccccc1. The average molecular weight is 227 g/mol. The van der Waals surface area contributed by atoms with Crippen LogP contribution in [0, 0.1) is 0 Å². The van der Waals surface area contributed by atoms with E-state index in [-0.39, 0.29) is 5.91 Å². The van der Waals surface area contributed by atoms with Gasteiger partial charge in [0.15, 0.2) is 0 Å². The van der Waals surface area contributed by atoms with Crippen molar-refractivity contribution >= 4 is 11.6 Å². The van der Waals surface area contributed by atoms with E-state index in [2.05, 4.69) is 5.43 Å². The summed E-state index contributed by atoms with van der Waals surface area (Å²) in [5.41, 5.74) is 10.4. The van der Waals surface area contributed by atoms with Crippen LogP contribution in [0.2, 0.25) is 0 Å². The van der Waals surface area contributed by atoms with Gasteiger partial charge < -0.3 is 5.73 Å². The zero-order valence-corrected chi connectivity index (χ0v) is 9.18. The lowest BCUT2D eigenvalue weighted by Crippen LogP contribution is -2.31. The second kappa shape index (κ2) is 4.67. The fourth-order valence-corrected chi connectivity index (χ4v) is 1.75. The summed E-state index contributed by atoms with van der Waals surface area (Å²) >= 11 is 0. The van der Waals surface area contributed by atoms with Crippen LogP contribution in [0.15, 0.2) is 48.5 Å². The highest BCUT2D eigenvalue weighted by Crippen LogP contribution is 2.27. The molecule has 0 atom stereocenters. The third-order valence-corrected chi connectivity index (χ3v) is 2.54. The van der Waals surface area contributed by atoms with Gasteiger partial charge in [-0.2, -0.15) is 0 Å². The van der Waals surface area contributed by atoms with E-state index in [4.69, 9.17) is 11.6 Å². The molecule has 0 saturated heterocycles. The summed E-state index contributed by atoms with van der Waals surface area (Å²) in [6, 6.07) is 14.9. The molecule has 17 heavy (non-hydrogen) atoms. The molecule has 5 N–H and O–H groups in total. The summed E-state index contributed by atoms with van der Waals surface area (Å²) in [6.45, 7) is 0. The van der Waals surface area contributed by atoms with Crippen molar-refractivity contribution in [2.45, 2.75) is 0 Å². The number of hydrazine groups is 1. The standard InChI is InChI=1S/C13H13N3O/c14-11-8-4-7-10(12(11)13(17)16-15)9-5-2-1-3-6-9/h1-8H,14-15H2,(H,16,17). The number of hydrogen-bond donors (Lipinski definition) is 3. The van der Waals surface area contributed by atoms with E-state index < -0.39 is 0 Å². The lowest BCUT2D eigenvalue weighted by Gasteiger charge is -2.10. The quantitative estimate of drug-likeness (QED) is 0.315. The van der Waals surface area contributed by atoms with Crippen LogP contribution in [0.5, 0.6) is 0 Å². The lowest BCUT2D eigenvalue weighted by atomic mass is 9.98. The van der Waals surface area contributed by atoms with Crippen molar-refractivity contribution in [1.82, 2.24) is 5.43 Å². The maximum atomic E-state index is 11.7. The lowest BCUT2D eigenvalue weighted by molar-refractivity contribution is 0.0955. The third-order valence-electron chi connectivity index (χ3n) is 2.54. The van der Waals surface area contributed by atoms with Crippen LogP contribution in [0.25, 0.3) is 11.1 Å². The summed E-state index contributed by atoms with van der Waals surface area (Å²) in [7, 11) is 0. The van der Waals surface area contributed by atoms with Gasteiger partial charge in [0.1, 0.15) is 0 Å². The Bertz CT molecular complexity index is 538. The van der Waals surface area contributed by atoms with Gasteiger partial charge in [-0.15, -0.1) is 0 Å². The second-order valence-corrected chi connectivity index (χ2v) is 3.61. The van der Waals surface area contributed by atoms with Crippen molar-refractivity contribution in [1.29, 1.82) is 0 Å². The zero-order chi connectivity index (χ0) is 12.3. The van der Waals surface area contributed by atoms with Gasteiger partial charge in [-0.3, -0.25) is 10.2 Å². The number of nitrogens with two attached hydrogens (primary N) is 2. The molecule has 0 spiro atoms. The van der Waals surface area contributed by atoms with Crippen molar-refractivity contribution in [3.8, 4) is 11.1 Å². The number of nitrogens with one attached hydrogen (secondary N) is 1. The number of anilines is 1. The summed E-state index contributed by atoms with van der Waals surface area (Å²) in [6.07, 6.45) is 0. The molecule has 2 aromatic rings. The smallest absolute Gasteiger partial charge is 0.267 e. The zero-order valence-electron chi connectivity index (χ0n) is 9.18. The third kappa shape index (κ3) is 2.11. The van der Waals surface area contributed by atoms with Gasteiger partial charge >= 0.3 is 0 Å². The number of carbonyl (C=O) groups excluding carboxylic acids is 1. The van der Waals surface area contributed by atoms with Crippen LogP contribution in [0.3, 0.4) is 0 Å². The van der Waals surface area contributed by atoms with Crippen molar-refractivity contribution in [2.75, 3.05) is 5.73 Å². The Morgan fingerprint density at radius 1 is 1.00 bits per heavy atom. The molecule has 0 aliphatic heterocycles. The molecule has 1 amide bonds. The minimum absolute atomic E-state index is 0.387. The van der Waals surface area contributed by atoms with Gasteiger partial charge in [0.05, 0.1) is 5.56 Å². The fourth-order valence-electron chi connectivity index (χ4n) is 1.75. The number of nitrogen functional groups attached to an aromatic ring is 2. The van der Waals surface area contributed by atoms with E-state index in [1.165, 1.54) is 0 Å². The minimum Gasteiger partial charge on any atom is -0.398 e. The van der Waals surface area contributed by atoms with E-state index in [1.54, 1.807) is 6.07 Å². The summed E-state index contributed by atoms with van der Waals surface area (Å²) in [5, 5.41) is 0. The first-order valence-electron chi connectivity index (χ1n) is 5.19. The van der Waals surface area contributed by atoms with E-state index >= 15 is 0 Å². The molecule has 4 heteroatoms. The first kappa shape index (κ1) is 11.2. The molecule has 2 aromatic carbocycles. The van der Waals surface area contributed by atoms with Crippen LogP contribution in [-0.4, -0.2) is 5.91 Å². The highest BCUT2D eigenvalue weighted by Gasteiger charge is 2.14. The summed E-state index contributed by atoms with van der Waals surface area (Å²) in [4.78, 5) is 11.7. The molecule has 0 saturated carbocycles. The second-order valence-electron chi connectivity index (χ2n) is 3.61. The molecule has 0 heterocycles. The molecule has 0 radical (unpaired) electrons. The number of carbonyl (C=O) groups is 1. The Balaban J connectivity index is 2.62. The molecular formula is C13H13N3O. The van der Waals surface area contributed by atoms with Gasteiger partial charge in [-0.25, -0.2) is 5.84 Å². The molecule has 4 nitrogen and oxygen atoms in total. The van der Waals surface area contributed by atoms with Gasteiger partial charge in [0, 0.05) is 5.69 Å². The van der Waals surface area contributed by atoms with Crippen LogP contribution < -0.4 is 17.0 Å². The van der Waals surface area contributed by atoms with Crippen LogP contribution in [0.1, 0.15) is 10.4 Å². The number of amides is 1. The normalized spacial score (nSPS) is 9.94. The summed E-state index contributed by atoms with van der Waals surface area (Å²) in [5.74, 6) is 4.78. The number of benzene rings is 2. The Labute approximate surface area is 99.2 Å². The highest BCUT2D eigenvalue weighted by molar-refractivity contribution is 6.05. The molecule has 0 aromatic heterocycles. The van der Waals surface area contributed by atoms with E-state index in [0.717, 1.165) is 11.1 Å². The molecule has 0 fully saturated rings. The van der Waals surface area contributed by atoms with Crippen LogP contribution in [-0.2, 0) is 0 Å². The topological polar surface area (TPSA) is 81.1 Å². The van der Waals surface area contributed by atoms with Crippen LogP contribution in [0.4, 0.5) is 5.69 Å². The monoisotopic (exact) mass is 227 g/mol. The number of rotatable bonds is 2. The van der Waals surface area contributed by atoms with E-state index in [9.17, 15) is 4.79 Å². The van der Waals surface area contributed by atoms with Gasteiger partial charge in [0.25, 0.3) is 5.91 Å². The molecule has 86 valence electrons. The molecule has 0 bridgehead atoms. The Morgan fingerprint density at radius 2 is 1.71 bits per heavy atom. The maximum Gasteiger partial charge on any atom is 0.267 e. The average Bonchev–Trinajstić information content (AvgIpc) is 2.38. The largest absolute Gasteiger partial charge is 0.398 e. The first-order chi connectivity index (χ1) is 8.24. The predicted molar refractivity (Wildman–Crippen MR) is 67.9 cm³/mol. The van der Waals surface area contributed by atoms with E-state index in [0.29, 0.717) is 11.3 Å². The van der Waals surface area contributed by atoms with Gasteiger partial charge in [-0.05, 0) is 17.2 Å². The minimum atomic E-state index is -0.387. The summed E-state index contributed by atoms with van der Waals surface area (Å²) < 4.78 is 0. The molecule has 0 unspecified atom stereocenters.